The van der Waals surface area contributed by atoms with Crippen LogP contribution in [-0.2, 0) is 17.8 Å². The molecule has 0 bridgehead atoms. The van der Waals surface area contributed by atoms with E-state index in [2.05, 4.69) is 0 Å². The lowest BCUT2D eigenvalue weighted by Crippen LogP contribution is -2.10. The van der Waals surface area contributed by atoms with Gasteiger partial charge in [0, 0.05) is 12.0 Å². The number of carbonyl (C=O) groups is 1. The summed E-state index contributed by atoms with van der Waals surface area (Å²) in [6.45, 7) is 5.52. The van der Waals surface area contributed by atoms with Crippen LogP contribution >= 0.6 is 0 Å². The quantitative estimate of drug-likeness (QED) is 0.497. The largest absolute Gasteiger partial charge is 0.488 e. The Kier molecular flexibility index (Phi) is 6.51. The summed E-state index contributed by atoms with van der Waals surface area (Å²) in [5.74, 6) is 0.186. The number of hydrogen-bond acceptors (Lipinski definition) is 3. The molecule has 0 aliphatic carbocycles. The first kappa shape index (κ1) is 18.9. The van der Waals surface area contributed by atoms with Gasteiger partial charge in [-0.2, -0.15) is 0 Å². The summed E-state index contributed by atoms with van der Waals surface area (Å²) in [5.41, 5.74) is 2.24. The second-order valence-electron chi connectivity index (χ2n) is 5.69. The maximum Gasteiger partial charge on any atom is 0.310 e. The molecule has 0 saturated carbocycles. The van der Waals surface area contributed by atoms with Gasteiger partial charge >= 0.3 is 5.97 Å². The third-order valence-corrected chi connectivity index (χ3v) is 3.97. The van der Waals surface area contributed by atoms with Crippen molar-refractivity contribution in [2.75, 3.05) is 0 Å². The zero-order valence-corrected chi connectivity index (χ0v) is 14.6. The minimum absolute atomic E-state index is 0.0458. The van der Waals surface area contributed by atoms with Crippen molar-refractivity contribution in [2.45, 2.75) is 46.6 Å². The van der Waals surface area contributed by atoms with Crippen LogP contribution in [0.1, 0.15) is 48.9 Å². The van der Waals surface area contributed by atoms with Gasteiger partial charge < -0.3 is 9.47 Å². The number of alkyl halides is 2. The number of ether oxygens (including phenoxy) is 2. The molecular formula is C20H22F2O3. The molecule has 0 spiro atoms. The van der Waals surface area contributed by atoms with Crippen LogP contribution in [0.3, 0.4) is 0 Å². The minimum atomic E-state index is -2.62. The first-order valence-corrected chi connectivity index (χ1v) is 8.29. The molecule has 3 nitrogen and oxygen atoms in total. The number of aryl methyl sites for hydroxylation is 2. The van der Waals surface area contributed by atoms with Gasteiger partial charge in [0.05, 0.1) is 5.56 Å². The average molecular weight is 348 g/mol. The van der Waals surface area contributed by atoms with E-state index in [1.807, 2.05) is 19.9 Å². The molecule has 0 aliphatic rings. The zero-order chi connectivity index (χ0) is 18.4. The molecule has 5 heteroatoms. The molecular weight excluding hydrogens is 326 g/mol. The SMILES string of the molecule is CCC(=O)Oc1cccc(C)c1COc1ccc(CC)cc1C(F)F. The second kappa shape index (κ2) is 8.60. The highest BCUT2D eigenvalue weighted by Crippen LogP contribution is 2.32. The Balaban J connectivity index is 2.26. The second-order valence-corrected chi connectivity index (χ2v) is 5.69. The van der Waals surface area contributed by atoms with Crippen LogP contribution in [-0.4, -0.2) is 5.97 Å². The average Bonchev–Trinajstić information content (AvgIpc) is 2.60. The summed E-state index contributed by atoms with van der Waals surface area (Å²) in [4.78, 5) is 11.6. The van der Waals surface area contributed by atoms with Gasteiger partial charge in [-0.3, -0.25) is 4.79 Å². The van der Waals surface area contributed by atoms with Gasteiger partial charge in [-0.25, -0.2) is 8.78 Å². The Morgan fingerprint density at radius 3 is 2.52 bits per heavy atom. The third-order valence-electron chi connectivity index (χ3n) is 3.97. The number of esters is 1. The molecule has 0 aliphatic heterocycles. The zero-order valence-electron chi connectivity index (χ0n) is 14.6. The summed E-state index contributed by atoms with van der Waals surface area (Å²) >= 11 is 0. The maximum absolute atomic E-state index is 13.3. The lowest BCUT2D eigenvalue weighted by atomic mass is 10.1. The Morgan fingerprint density at radius 1 is 1.12 bits per heavy atom. The summed E-state index contributed by atoms with van der Waals surface area (Å²) in [7, 11) is 0. The van der Waals surface area contributed by atoms with E-state index in [0.717, 1.165) is 11.1 Å². The summed E-state index contributed by atoms with van der Waals surface area (Å²) in [5, 5.41) is 0. The summed E-state index contributed by atoms with van der Waals surface area (Å²) < 4.78 is 37.6. The third kappa shape index (κ3) is 4.78. The predicted molar refractivity (Wildman–Crippen MR) is 92.2 cm³/mol. The molecule has 0 saturated heterocycles. The van der Waals surface area contributed by atoms with Crippen molar-refractivity contribution in [3.63, 3.8) is 0 Å². The summed E-state index contributed by atoms with van der Waals surface area (Å²) in [6, 6.07) is 10.1. The number of carbonyl (C=O) groups excluding carboxylic acids is 1. The first-order chi connectivity index (χ1) is 12.0. The van der Waals surface area contributed by atoms with Gasteiger partial charge in [0.15, 0.2) is 0 Å². The Hall–Kier alpha value is -2.43. The number of benzene rings is 2. The highest BCUT2D eigenvalue weighted by atomic mass is 19.3. The number of hydrogen-bond donors (Lipinski definition) is 0. The molecule has 25 heavy (non-hydrogen) atoms. The Morgan fingerprint density at radius 2 is 1.88 bits per heavy atom. The van der Waals surface area contributed by atoms with E-state index < -0.39 is 6.43 Å². The van der Waals surface area contributed by atoms with Crippen molar-refractivity contribution in [1.29, 1.82) is 0 Å². The molecule has 0 N–H and O–H groups in total. The van der Waals surface area contributed by atoms with Crippen LogP contribution < -0.4 is 9.47 Å². The smallest absolute Gasteiger partial charge is 0.310 e. The van der Waals surface area contributed by atoms with Gasteiger partial charge in [0.25, 0.3) is 6.43 Å². The molecule has 2 aromatic rings. The standard InChI is InChI=1S/C20H22F2O3/c1-4-14-9-10-17(15(11-14)20(21)22)24-12-16-13(3)7-6-8-18(16)25-19(23)5-2/h6-11,20H,4-5,12H2,1-3H3. The van der Waals surface area contributed by atoms with Gasteiger partial charge in [-0.05, 0) is 42.7 Å². The van der Waals surface area contributed by atoms with Crippen molar-refractivity contribution in [2.24, 2.45) is 0 Å². The highest BCUT2D eigenvalue weighted by Gasteiger charge is 2.17. The van der Waals surface area contributed by atoms with Crippen LogP contribution in [0.15, 0.2) is 36.4 Å². The predicted octanol–water partition coefficient (Wildman–Crippen LogP) is 5.39. The van der Waals surface area contributed by atoms with E-state index in [4.69, 9.17) is 9.47 Å². The first-order valence-electron chi connectivity index (χ1n) is 8.29. The van der Waals surface area contributed by atoms with Crippen molar-refractivity contribution >= 4 is 5.97 Å². The van der Waals surface area contributed by atoms with E-state index in [9.17, 15) is 13.6 Å². The number of rotatable bonds is 7. The van der Waals surface area contributed by atoms with Crippen LogP contribution in [0.4, 0.5) is 8.78 Å². The Labute approximate surface area is 146 Å². The lowest BCUT2D eigenvalue weighted by Gasteiger charge is -2.16. The fourth-order valence-electron chi connectivity index (χ4n) is 2.42. The monoisotopic (exact) mass is 348 g/mol. The normalized spacial score (nSPS) is 10.8. The molecule has 2 aromatic carbocycles. The highest BCUT2D eigenvalue weighted by molar-refractivity contribution is 5.72. The minimum Gasteiger partial charge on any atom is -0.488 e. The van der Waals surface area contributed by atoms with Crippen molar-refractivity contribution in [3.8, 4) is 11.5 Å². The fourth-order valence-corrected chi connectivity index (χ4v) is 2.42. The molecule has 0 atom stereocenters. The van der Waals surface area contributed by atoms with Crippen LogP contribution in [0.25, 0.3) is 0 Å². The fraction of sp³-hybridized carbons (Fsp3) is 0.350. The van der Waals surface area contributed by atoms with E-state index in [-0.39, 0.29) is 30.3 Å². The molecule has 134 valence electrons. The van der Waals surface area contributed by atoms with Gasteiger partial charge in [-0.1, -0.05) is 32.0 Å². The van der Waals surface area contributed by atoms with Gasteiger partial charge in [0.1, 0.15) is 18.1 Å². The molecule has 0 aromatic heterocycles. The topological polar surface area (TPSA) is 35.5 Å². The van der Waals surface area contributed by atoms with Crippen molar-refractivity contribution in [1.82, 2.24) is 0 Å². The van der Waals surface area contributed by atoms with Crippen LogP contribution in [0.2, 0.25) is 0 Å². The summed E-state index contributed by atoms with van der Waals surface area (Å²) in [6.07, 6.45) is -1.69. The van der Waals surface area contributed by atoms with Gasteiger partial charge in [-0.15, -0.1) is 0 Å². The van der Waals surface area contributed by atoms with Crippen LogP contribution in [0.5, 0.6) is 11.5 Å². The van der Waals surface area contributed by atoms with Crippen LogP contribution in [0, 0.1) is 6.92 Å². The molecule has 2 rings (SSSR count). The van der Waals surface area contributed by atoms with Crippen molar-refractivity contribution < 1.29 is 23.0 Å². The van der Waals surface area contributed by atoms with E-state index in [1.54, 1.807) is 31.2 Å². The molecule has 0 amide bonds. The lowest BCUT2D eigenvalue weighted by molar-refractivity contribution is -0.134. The maximum atomic E-state index is 13.3. The molecule has 0 radical (unpaired) electrons. The molecule has 0 fully saturated rings. The van der Waals surface area contributed by atoms with Gasteiger partial charge in [0.2, 0.25) is 0 Å². The number of halogens is 2. The molecule has 0 unspecified atom stereocenters. The van der Waals surface area contributed by atoms with E-state index in [1.165, 1.54) is 6.07 Å². The van der Waals surface area contributed by atoms with Crippen molar-refractivity contribution in [3.05, 3.63) is 58.7 Å². The Bertz CT molecular complexity index is 742. The van der Waals surface area contributed by atoms with E-state index in [0.29, 0.717) is 17.7 Å². The van der Waals surface area contributed by atoms with E-state index >= 15 is 0 Å². The molecule has 0 heterocycles.